The zero-order valence-electron chi connectivity index (χ0n) is 8.87. The third-order valence-corrected chi connectivity index (χ3v) is 4.03. The molecule has 80 valence electrons. The lowest BCUT2D eigenvalue weighted by Crippen LogP contribution is -2.15. The summed E-state index contributed by atoms with van der Waals surface area (Å²) in [5.41, 5.74) is 5.39. The standard InChI is InChI=1S/C12H21NO/c13-5-1-2-12(14)8-11-7-9-3-4-10(11)6-9/h9-11H,1-8,13H2. The summed E-state index contributed by atoms with van der Waals surface area (Å²) in [6, 6.07) is 0. The first-order chi connectivity index (χ1) is 6.79. The molecule has 2 saturated carbocycles. The van der Waals surface area contributed by atoms with Gasteiger partial charge < -0.3 is 5.73 Å². The zero-order chi connectivity index (χ0) is 9.97. The molecule has 2 aliphatic carbocycles. The summed E-state index contributed by atoms with van der Waals surface area (Å²) < 4.78 is 0. The molecular weight excluding hydrogens is 174 g/mol. The van der Waals surface area contributed by atoms with Gasteiger partial charge in [-0.1, -0.05) is 6.42 Å². The van der Waals surface area contributed by atoms with Crippen LogP contribution in [0.25, 0.3) is 0 Å². The largest absolute Gasteiger partial charge is 0.330 e. The first kappa shape index (κ1) is 10.2. The van der Waals surface area contributed by atoms with Crippen LogP contribution >= 0.6 is 0 Å². The summed E-state index contributed by atoms with van der Waals surface area (Å²) in [5, 5.41) is 0. The molecule has 0 amide bonds. The SMILES string of the molecule is NCCCC(=O)CC1CC2CCC1C2. The van der Waals surface area contributed by atoms with E-state index in [1.807, 2.05) is 0 Å². The minimum atomic E-state index is 0.452. The fourth-order valence-corrected chi connectivity index (χ4v) is 3.32. The molecule has 0 aromatic rings. The van der Waals surface area contributed by atoms with E-state index in [0.717, 1.165) is 30.6 Å². The number of ketones is 1. The molecule has 14 heavy (non-hydrogen) atoms. The number of hydrogen-bond donors (Lipinski definition) is 1. The number of hydrogen-bond acceptors (Lipinski definition) is 2. The van der Waals surface area contributed by atoms with Crippen molar-refractivity contribution in [2.24, 2.45) is 23.5 Å². The van der Waals surface area contributed by atoms with E-state index in [9.17, 15) is 4.79 Å². The molecule has 2 aliphatic rings. The molecule has 0 radical (unpaired) electrons. The van der Waals surface area contributed by atoms with E-state index in [1.54, 1.807) is 0 Å². The molecule has 0 heterocycles. The molecule has 2 N–H and O–H groups in total. The maximum Gasteiger partial charge on any atom is 0.133 e. The number of fused-ring (bicyclic) bond motifs is 2. The highest BCUT2D eigenvalue weighted by atomic mass is 16.1. The van der Waals surface area contributed by atoms with E-state index in [0.29, 0.717) is 18.7 Å². The fraction of sp³-hybridized carbons (Fsp3) is 0.917. The molecule has 2 bridgehead atoms. The van der Waals surface area contributed by atoms with Crippen LogP contribution in [0.1, 0.15) is 44.9 Å². The molecule has 0 aromatic carbocycles. The predicted molar refractivity (Wildman–Crippen MR) is 56.9 cm³/mol. The average Bonchev–Trinajstić information content (AvgIpc) is 2.76. The van der Waals surface area contributed by atoms with Gasteiger partial charge in [0.1, 0.15) is 5.78 Å². The molecular formula is C12H21NO. The summed E-state index contributed by atoms with van der Waals surface area (Å²) in [6.45, 7) is 0.655. The van der Waals surface area contributed by atoms with Crippen molar-refractivity contribution in [1.82, 2.24) is 0 Å². The van der Waals surface area contributed by atoms with Gasteiger partial charge in [0.25, 0.3) is 0 Å². The Morgan fingerprint density at radius 1 is 1.29 bits per heavy atom. The van der Waals surface area contributed by atoms with Gasteiger partial charge in [-0.3, -0.25) is 4.79 Å². The van der Waals surface area contributed by atoms with Crippen molar-refractivity contribution in [1.29, 1.82) is 0 Å². The minimum Gasteiger partial charge on any atom is -0.330 e. The highest BCUT2D eigenvalue weighted by molar-refractivity contribution is 5.78. The van der Waals surface area contributed by atoms with Gasteiger partial charge in [0.05, 0.1) is 0 Å². The van der Waals surface area contributed by atoms with Gasteiger partial charge in [0.2, 0.25) is 0 Å². The third kappa shape index (κ3) is 2.17. The third-order valence-electron chi connectivity index (χ3n) is 4.03. The van der Waals surface area contributed by atoms with Gasteiger partial charge in [-0.2, -0.15) is 0 Å². The Labute approximate surface area is 86.2 Å². The summed E-state index contributed by atoms with van der Waals surface area (Å²) in [4.78, 5) is 11.6. The lowest BCUT2D eigenvalue weighted by Gasteiger charge is -2.20. The van der Waals surface area contributed by atoms with E-state index >= 15 is 0 Å². The Balaban J connectivity index is 1.73. The Morgan fingerprint density at radius 2 is 2.14 bits per heavy atom. The predicted octanol–water partition coefficient (Wildman–Crippen LogP) is 2.12. The lowest BCUT2D eigenvalue weighted by atomic mass is 9.84. The van der Waals surface area contributed by atoms with E-state index in [4.69, 9.17) is 5.73 Å². The Kier molecular flexibility index (Phi) is 3.22. The maximum atomic E-state index is 11.6. The van der Waals surface area contributed by atoms with Crippen molar-refractivity contribution >= 4 is 5.78 Å². The van der Waals surface area contributed by atoms with Crippen LogP contribution in [0, 0.1) is 17.8 Å². The Hall–Kier alpha value is -0.370. The van der Waals surface area contributed by atoms with E-state index in [-0.39, 0.29) is 0 Å². The van der Waals surface area contributed by atoms with Crippen LogP contribution in [0.3, 0.4) is 0 Å². The normalized spacial score (nSPS) is 35.1. The number of rotatable bonds is 5. The summed E-state index contributed by atoms with van der Waals surface area (Å²) in [6.07, 6.45) is 8.00. The molecule has 0 aliphatic heterocycles. The van der Waals surface area contributed by atoms with Crippen molar-refractivity contribution in [3.8, 4) is 0 Å². The maximum absolute atomic E-state index is 11.6. The Morgan fingerprint density at radius 3 is 2.71 bits per heavy atom. The molecule has 3 unspecified atom stereocenters. The number of Topliss-reactive ketones (excluding diaryl/α,β-unsaturated/α-hetero) is 1. The molecule has 2 fully saturated rings. The lowest BCUT2D eigenvalue weighted by molar-refractivity contribution is -0.120. The summed E-state index contributed by atoms with van der Waals surface area (Å²) in [7, 11) is 0. The highest BCUT2D eigenvalue weighted by Crippen LogP contribution is 2.49. The number of carbonyl (C=O) groups excluding carboxylic acids is 1. The molecule has 0 saturated heterocycles. The van der Waals surface area contributed by atoms with E-state index < -0.39 is 0 Å². The first-order valence-corrected chi connectivity index (χ1v) is 6.01. The van der Waals surface area contributed by atoms with Gasteiger partial charge in [-0.15, -0.1) is 0 Å². The minimum absolute atomic E-state index is 0.452. The number of nitrogens with two attached hydrogens (primary N) is 1. The number of carbonyl (C=O) groups is 1. The van der Waals surface area contributed by atoms with Crippen LogP contribution in [0.2, 0.25) is 0 Å². The van der Waals surface area contributed by atoms with Crippen LogP contribution in [-0.2, 0) is 4.79 Å². The van der Waals surface area contributed by atoms with Crippen molar-refractivity contribution in [2.45, 2.75) is 44.9 Å². The van der Waals surface area contributed by atoms with Crippen LogP contribution in [0.4, 0.5) is 0 Å². The fourth-order valence-electron chi connectivity index (χ4n) is 3.32. The summed E-state index contributed by atoms with van der Waals surface area (Å²) >= 11 is 0. The summed E-state index contributed by atoms with van der Waals surface area (Å²) in [5.74, 6) is 3.04. The average molecular weight is 195 g/mol. The van der Waals surface area contributed by atoms with E-state index in [1.165, 1.54) is 25.7 Å². The van der Waals surface area contributed by atoms with Gasteiger partial charge >= 0.3 is 0 Å². The smallest absolute Gasteiger partial charge is 0.133 e. The molecule has 2 heteroatoms. The second kappa shape index (κ2) is 4.43. The van der Waals surface area contributed by atoms with E-state index in [2.05, 4.69) is 0 Å². The van der Waals surface area contributed by atoms with Crippen molar-refractivity contribution in [3.63, 3.8) is 0 Å². The topological polar surface area (TPSA) is 43.1 Å². The molecule has 3 atom stereocenters. The second-order valence-electron chi connectivity index (χ2n) is 5.07. The van der Waals surface area contributed by atoms with Crippen molar-refractivity contribution in [2.75, 3.05) is 6.54 Å². The molecule has 0 spiro atoms. The molecule has 2 nitrogen and oxygen atoms in total. The van der Waals surface area contributed by atoms with Crippen LogP contribution < -0.4 is 5.73 Å². The Bertz CT molecular complexity index is 214. The van der Waals surface area contributed by atoms with Gasteiger partial charge in [-0.05, 0) is 50.0 Å². The monoisotopic (exact) mass is 195 g/mol. The van der Waals surface area contributed by atoms with Crippen LogP contribution in [0.15, 0.2) is 0 Å². The van der Waals surface area contributed by atoms with Gasteiger partial charge in [0.15, 0.2) is 0 Å². The molecule has 0 aromatic heterocycles. The quantitative estimate of drug-likeness (QED) is 0.730. The zero-order valence-corrected chi connectivity index (χ0v) is 8.87. The molecule has 2 rings (SSSR count). The first-order valence-electron chi connectivity index (χ1n) is 6.01. The van der Waals surface area contributed by atoms with Crippen molar-refractivity contribution in [3.05, 3.63) is 0 Å². The van der Waals surface area contributed by atoms with Crippen LogP contribution in [-0.4, -0.2) is 12.3 Å². The van der Waals surface area contributed by atoms with Crippen LogP contribution in [0.5, 0.6) is 0 Å². The highest BCUT2D eigenvalue weighted by Gasteiger charge is 2.39. The van der Waals surface area contributed by atoms with Gasteiger partial charge in [0, 0.05) is 12.8 Å². The second-order valence-corrected chi connectivity index (χ2v) is 5.07. The van der Waals surface area contributed by atoms with Gasteiger partial charge in [-0.25, -0.2) is 0 Å². The van der Waals surface area contributed by atoms with Crippen molar-refractivity contribution < 1.29 is 4.79 Å².